The van der Waals surface area contributed by atoms with Crippen LogP contribution in [0.5, 0.6) is 0 Å². The Morgan fingerprint density at radius 2 is 1.55 bits per heavy atom. The molecule has 1 aromatic rings. The van der Waals surface area contributed by atoms with Crippen molar-refractivity contribution in [2.45, 2.75) is 12.8 Å². The summed E-state index contributed by atoms with van der Waals surface area (Å²) in [7, 11) is 0. The van der Waals surface area contributed by atoms with E-state index >= 15 is 0 Å². The lowest BCUT2D eigenvalue weighted by molar-refractivity contribution is 1.31. The molecule has 1 rings (SSSR count). The van der Waals surface area contributed by atoms with Crippen LogP contribution in [0.15, 0.2) is 12.1 Å². The smallest absolute Gasteiger partial charge is 0.0695 e. The van der Waals surface area contributed by atoms with Crippen LogP contribution in [0.4, 0.5) is 0 Å². The predicted octanol–water partition coefficient (Wildman–Crippen LogP) is 1.88. The fraction of sp³-hybridized carbons (Fsp3) is 0.250. The number of hydrogen-bond donors (Lipinski definition) is 0. The summed E-state index contributed by atoms with van der Waals surface area (Å²) in [6, 6.07) is 7.94. The first-order chi connectivity index (χ1) is 5.36. The maximum atomic E-state index is 8.35. The van der Waals surface area contributed by atoms with E-state index in [-0.39, 0.29) is 0 Å². The number of thiophene rings is 1. The van der Waals surface area contributed by atoms with Gasteiger partial charge in [0.1, 0.15) is 0 Å². The molecule has 54 valence electrons. The first kappa shape index (κ1) is 7.78. The van der Waals surface area contributed by atoms with Crippen molar-refractivity contribution >= 4 is 11.3 Å². The van der Waals surface area contributed by atoms with Gasteiger partial charge in [0.2, 0.25) is 0 Å². The maximum absolute atomic E-state index is 8.35. The van der Waals surface area contributed by atoms with Crippen molar-refractivity contribution in [2.75, 3.05) is 0 Å². The first-order valence-corrected chi connectivity index (χ1v) is 4.00. The van der Waals surface area contributed by atoms with Crippen LogP contribution in [-0.2, 0) is 12.8 Å². The second-order valence-corrected chi connectivity index (χ2v) is 3.29. The molecule has 0 spiro atoms. The molecule has 0 aromatic carbocycles. The molecule has 1 aromatic heterocycles. The molecule has 2 nitrogen and oxygen atoms in total. The van der Waals surface area contributed by atoms with Gasteiger partial charge >= 0.3 is 0 Å². The van der Waals surface area contributed by atoms with Gasteiger partial charge in [0, 0.05) is 9.75 Å². The normalized spacial score (nSPS) is 8.55. The van der Waals surface area contributed by atoms with Gasteiger partial charge in [-0.15, -0.1) is 11.3 Å². The molecule has 0 bridgehead atoms. The minimum atomic E-state index is 0.454. The van der Waals surface area contributed by atoms with Crippen LogP contribution in [0.1, 0.15) is 9.75 Å². The van der Waals surface area contributed by atoms with E-state index in [1.54, 1.807) is 0 Å². The van der Waals surface area contributed by atoms with Gasteiger partial charge in [-0.1, -0.05) is 0 Å². The van der Waals surface area contributed by atoms with Gasteiger partial charge in [0.15, 0.2) is 0 Å². The summed E-state index contributed by atoms with van der Waals surface area (Å²) in [5.74, 6) is 0. The molecular formula is C8H6N2S. The molecule has 0 aliphatic rings. The second kappa shape index (κ2) is 3.75. The molecule has 0 N–H and O–H groups in total. The van der Waals surface area contributed by atoms with Gasteiger partial charge in [-0.3, -0.25) is 0 Å². The lowest BCUT2D eigenvalue weighted by Gasteiger charge is -1.81. The summed E-state index contributed by atoms with van der Waals surface area (Å²) < 4.78 is 0. The average molecular weight is 162 g/mol. The summed E-state index contributed by atoms with van der Waals surface area (Å²) >= 11 is 1.54. The highest BCUT2D eigenvalue weighted by molar-refractivity contribution is 7.12. The third-order valence-electron chi connectivity index (χ3n) is 1.22. The van der Waals surface area contributed by atoms with Gasteiger partial charge in [0.25, 0.3) is 0 Å². The highest BCUT2D eigenvalue weighted by atomic mass is 32.1. The van der Waals surface area contributed by atoms with Crippen molar-refractivity contribution in [2.24, 2.45) is 0 Å². The Kier molecular flexibility index (Phi) is 2.66. The highest BCUT2D eigenvalue weighted by Gasteiger charge is 1.97. The number of hydrogen-bond acceptors (Lipinski definition) is 3. The molecule has 11 heavy (non-hydrogen) atoms. The van der Waals surface area contributed by atoms with Crippen LogP contribution in [0.3, 0.4) is 0 Å². The minimum Gasteiger partial charge on any atom is -0.198 e. The van der Waals surface area contributed by atoms with Crippen molar-refractivity contribution in [1.82, 2.24) is 0 Å². The van der Waals surface area contributed by atoms with Gasteiger partial charge in [-0.05, 0) is 12.1 Å². The molecule has 0 unspecified atom stereocenters. The Labute approximate surface area is 69.3 Å². The zero-order valence-electron chi connectivity index (χ0n) is 5.87. The summed E-state index contributed by atoms with van der Waals surface area (Å²) in [4.78, 5) is 2.08. The van der Waals surface area contributed by atoms with E-state index in [9.17, 15) is 0 Å². The van der Waals surface area contributed by atoms with Crippen LogP contribution in [0, 0.1) is 22.7 Å². The van der Waals surface area contributed by atoms with Crippen LogP contribution < -0.4 is 0 Å². The molecule has 0 atom stereocenters. The van der Waals surface area contributed by atoms with Gasteiger partial charge in [-0.2, -0.15) is 10.5 Å². The third-order valence-corrected chi connectivity index (χ3v) is 2.31. The standard InChI is InChI=1S/C8H6N2S/c9-5-3-7-1-2-8(11-7)4-6-10/h1-2H,3-4H2. The number of nitrogens with zero attached hydrogens (tertiary/aromatic N) is 2. The summed E-state index contributed by atoms with van der Waals surface area (Å²) in [5.41, 5.74) is 0. The molecule has 0 fully saturated rings. The molecule has 0 radical (unpaired) electrons. The van der Waals surface area contributed by atoms with Crippen LogP contribution in [0.2, 0.25) is 0 Å². The lowest BCUT2D eigenvalue weighted by atomic mass is 10.3. The number of rotatable bonds is 2. The van der Waals surface area contributed by atoms with Gasteiger partial charge in [-0.25, -0.2) is 0 Å². The molecule has 0 aliphatic heterocycles. The molecular weight excluding hydrogens is 156 g/mol. The van der Waals surface area contributed by atoms with Crippen LogP contribution in [-0.4, -0.2) is 0 Å². The van der Waals surface area contributed by atoms with Crippen LogP contribution >= 0.6 is 11.3 Å². The third kappa shape index (κ3) is 2.07. The average Bonchev–Trinajstić information content (AvgIpc) is 2.38. The zero-order chi connectivity index (χ0) is 8.10. The quantitative estimate of drug-likeness (QED) is 0.666. The van der Waals surface area contributed by atoms with Crippen molar-refractivity contribution in [3.8, 4) is 12.1 Å². The molecule has 0 saturated heterocycles. The highest BCUT2D eigenvalue weighted by Crippen LogP contribution is 2.16. The van der Waals surface area contributed by atoms with E-state index in [4.69, 9.17) is 10.5 Å². The molecule has 1 heterocycles. The zero-order valence-corrected chi connectivity index (χ0v) is 6.69. The minimum absolute atomic E-state index is 0.454. The maximum Gasteiger partial charge on any atom is 0.0695 e. The Morgan fingerprint density at radius 1 is 1.09 bits per heavy atom. The van der Waals surface area contributed by atoms with Crippen LogP contribution in [0.25, 0.3) is 0 Å². The van der Waals surface area contributed by atoms with E-state index in [0.29, 0.717) is 12.8 Å². The largest absolute Gasteiger partial charge is 0.198 e. The SMILES string of the molecule is N#CCc1ccc(CC#N)s1. The summed E-state index contributed by atoms with van der Waals surface area (Å²) in [6.07, 6.45) is 0.909. The molecule has 3 heteroatoms. The fourth-order valence-corrected chi connectivity index (χ4v) is 1.65. The lowest BCUT2D eigenvalue weighted by Crippen LogP contribution is -1.70. The van der Waals surface area contributed by atoms with Crippen molar-refractivity contribution in [1.29, 1.82) is 10.5 Å². The molecule has 0 saturated carbocycles. The number of nitriles is 2. The Hall–Kier alpha value is -1.32. The van der Waals surface area contributed by atoms with E-state index in [1.807, 2.05) is 12.1 Å². The second-order valence-electron chi connectivity index (χ2n) is 2.04. The molecule has 0 aliphatic carbocycles. The van der Waals surface area contributed by atoms with E-state index in [0.717, 1.165) is 9.75 Å². The van der Waals surface area contributed by atoms with E-state index in [1.165, 1.54) is 11.3 Å². The topological polar surface area (TPSA) is 47.6 Å². The van der Waals surface area contributed by atoms with E-state index in [2.05, 4.69) is 12.1 Å². The Bertz CT molecular complexity index is 283. The monoisotopic (exact) mass is 162 g/mol. The summed E-state index contributed by atoms with van der Waals surface area (Å²) in [6.45, 7) is 0. The predicted molar refractivity (Wildman–Crippen MR) is 43.0 cm³/mol. The van der Waals surface area contributed by atoms with Crippen molar-refractivity contribution in [3.63, 3.8) is 0 Å². The van der Waals surface area contributed by atoms with Gasteiger partial charge < -0.3 is 0 Å². The fourth-order valence-electron chi connectivity index (χ4n) is 0.768. The van der Waals surface area contributed by atoms with Crippen molar-refractivity contribution < 1.29 is 0 Å². The Morgan fingerprint density at radius 3 is 1.91 bits per heavy atom. The molecule has 0 amide bonds. The van der Waals surface area contributed by atoms with Gasteiger partial charge in [0.05, 0.1) is 25.0 Å². The van der Waals surface area contributed by atoms with E-state index < -0.39 is 0 Å². The summed E-state index contributed by atoms with van der Waals surface area (Å²) in [5, 5.41) is 16.7. The Balaban J connectivity index is 2.69. The van der Waals surface area contributed by atoms with Crippen molar-refractivity contribution in [3.05, 3.63) is 21.9 Å². The first-order valence-electron chi connectivity index (χ1n) is 3.18.